The summed E-state index contributed by atoms with van der Waals surface area (Å²) < 4.78 is 5.55. The number of carbonyl (C=O) groups excluding carboxylic acids is 3. The van der Waals surface area contributed by atoms with Crippen LogP contribution in [-0.2, 0) is 22.4 Å². The first-order valence-electron chi connectivity index (χ1n) is 8.55. The Morgan fingerprint density at radius 2 is 1.86 bits per heavy atom. The van der Waals surface area contributed by atoms with Gasteiger partial charge in [0.05, 0.1) is 10.5 Å². The molecule has 0 radical (unpaired) electrons. The molecule has 0 spiro atoms. The van der Waals surface area contributed by atoms with Crippen molar-refractivity contribution in [3.8, 4) is 5.75 Å². The van der Waals surface area contributed by atoms with Gasteiger partial charge in [0, 0.05) is 29.7 Å². The van der Waals surface area contributed by atoms with Gasteiger partial charge in [0.25, 0.3) is 5.69 Å². The lowest BCUT2D eigenvalue weighted by Gasteiger charge is -2.36. The Labute approximate surface area is 159 Å². The Morgan fingerprint density at radius 3 is 2.43 bits per heavy atom. The second-order valence-corrected chi connectivity index (χ2v) is 6.67. The molecule has 28 heavy (non-hydrogen) atoms. The molecule has 0 saturated carbocycles. The molecule has 0 fully saturated rings. The Morgan fingerprint density at radius 1 is 1.18 bits per heavy atom. The quantitative estimate of drug-likeness (QED) is 0.364. The molecule has 1 aliphatic rings. The summed E-state index contributed by atoms with van der Waals surface area (Å²) in [5, 5.41) is 20.9. The third-order valence-corrected chi connectivity index (χ3v) is 5.05. The number of ketones is 1. The summed E-state index contributed by atoms with van der Waals surface area (Å²) in [5.74, 6) is -1.25. The highest BCUT2D eigenvalue weighted by atomic mass is 16.6. The topological polar surface area (TPSA) is 124 Å². The van der Waals surface area contributed by atoms with Crippen molar-refractivity contribution in [1.82, 2.24) is 0 Å². The Hall–Kier alpha value is -3.55. The first-order chi connectivity index (χ1) is 13.3. The number of nitro benzene ring substituents is 1. The summed E-state index contributed by atoms with van der Waals surface area (Å²) >= 11 is 0. The van der Waals surface area contributed by atoms with Crippen LogP contribution in [0.1, 0.15) is 45.2 Å². The van der Waals surface area contributed by atoms with E-state index in [0.717, 1.165) is 0 Å². The van der Waals surface area contributed by atoms with Gasteiger partial charge in [-0.3, -0.25) is 19.7 Å². The number of hydrogen-bond donors (Lipinski definition) is 1. The van der Waals surface area contributed by atoms with Crippen molar-refractivity contribution in [1.29, 1.82) is 0 Å². The first kappa shape index (κ1) is 19.2. The number of hydrogen-bond acceptors (Lipinski definition) is 7. The molecule has 0 aliphatic heterocycles. The molecule has 0 bridgehead atoms. The van der Waals surface area contributed by atoms with Gasteiger partial charge >= 0.3 is 5.97 Å². The minimum Gasteiger partial charge on any atom is -0.508 e. The molecule has 8 heteroatoms. The fraction of sp³-hybridized carbons (Fsp3) is 0.250. The van der Waals surface area contributed by atoms with Crippen molar-refractivity contribution in [2.45, 2.75) is 31.8 Å². The molecular weight excluding hydrogens is 366 g/mol. The molecule has 3 rings (SSSR count). The molecule has 144 valence electrons. The van der Waals surface area contributed by atoms with Crippen LogP contribution in [0.25, 0.3) is 0 Å². The number of Topliss-reactive ketones (excluding diaryl/α,β-unsaturated/α-hetero) is 1. The number of nitrogens with zero attached hydrogens (tertiary/aromatic N) is 1. The number of benzene rings is 2. The maximum Gasteiger partial charge on any atom is 0.339 e. The number of ether oxygens (including phenoxy) is 1. The van der Waals surface area contributed by atoms with Crippen molar-refractivity contribution in [2.75, 3.05) is 0 Å². The molecule has 8 nitrogen and oxygen atoms in total. The fourth-order valence-electron chi connectivity index (χ4n) is 3.42. The lowest BCUT2D eigenvalue weighted by Crippen LogP contribution is -2.47. The number of nitro groups is 1. The lowest BCUT2D eigenvalue weighted by molar-refractivity contribution is -0.384. The average Bonchev–Trinajstić information content (AvgIpc) is 2.68. The van der Waals surface area contributed by atoms with Crippen molar-refractivity contribution in [3.05, 3.63) is 68.8 Å². The number of aldehydes is 1. The highest BCUT2D eigenvalue weighted by Crippen LogP contribution is 2.38. The zero-order valence-electron chi connectivity index (χ0n) is 15.0. The van der Waals surface area contributed by atoms with Crippen molar-refractivity contribution >= 4 is 23.7 Å². The standard InChI is InChI=1S/C20H17NO7/c1-12(23)20(28-19(25)13-2-5-15(6-3-13)21(26)27)9-8-16-14(11-22)4-7-18(24)17(16)10-20/h2-7,11,24H,8-10H2,1H3/t20-/m1/s1. The van der Waals surface area contributed by atoms with Crippen LogP contribution in [0.3, 0.4) is 0 Å². The van der Waals surface area contributed by atoms with Gasteiger partial charge < -0.3 is 9.84 Å². The van der Waals surface area contributed by atoms with Crippen molar-refractivity contribution in [3.63, 3.8) is 0 Å². The average molecular weight is 383 g/mol. The molecule has 2 aromatic rings. The summed E-state index contributed by atoms with van der Waals surface area (Å²) in [5.41, 5.74) is -0.115. The highest BCUT2D eigenvalue weighted by molar-refractivity contribution is 5.95. The number of rotatable bonds is 5. The number of carbonyl (C=O) groups is 3. The van der Waals surface area contributed by atoms with Gasteiger partial charge in [-0.15, -0.1) is 0 Å². The monoisotopic (exact) mass is 383 g/mol. The van der Waals surface area contributed by atoms with E-state index in [1.807, 2.05) is 0 Å². The molecule has 0 heterocycles. The van der Waals surface area contributed by atoms with Crippen LogP contribution in [0.2, 0.25) is 0 Å². The SMILES string of the molecule is CC(=O)[C@@]1(OC(=O)c2ccc([N+](=O)[O-])cc2)CCc2c(C=O)ccc(O)c2C1. The predicted molar refractivity (Wildman–Crippen MR) is 97.4 cm³/mol. The Bertz CT molecular complexity index is 981. The summed E-state index contributed by atoms with van der Waals surface area (Å²) in [6.45, 7) is 1.30. The van der Waals surface area contributed by atoms with Crippen molar-refractivity contribution < 1.29 is 29.2 Å². The molecule has 1 atom stereocenters. The van der Waals surface area contributed by atoms with Gasteiger partial charge in [-0.2, -0.15) is 0 Å². The lowest BCUT2D eigenvalue weighted by atomic mass is 9.76. The molecule has 0 amide bonds. The van der Waals surface area contributed by atoms with E-state index >= 15 is 0 Å². The van der Waals surface area contributed by atoms with Gasteiger partial charge in [-0.25, -0.2) is 4.79 Å². The molecule has 0 saturated heterocycles. The number of phenols is 1. The third kappa shape index (κ3) is 3.36. The number of esters is 1. The largest absolute Gasteiger partial charge is 0.508 e. The number of non-ortho nitro benzene ring substituents is 1. The van der Waals surface area contributed by atoms with Crippen LogP contribution in [0.5, 0.6) is 5.75 Å². The van der Waals surface area contributed by atoms with E-state index in [1.54, 1.807) is 0 Å². The minimum absolute atomic E-state index is 0.0517. The molecule has 0 unspecified atom stereocenters. The first-order valence-corrected chi connectivity index (χ1v) is 8.55. The van der Waals surface area contributed by atoms with Crippen LogP contribution in [0, 0.1) is 10.1 Å². The van der Waals surface area contributed by atoms with Crippen LogP contribution in [0.15, 0.2) is 36.4 Å². The second kappa shape index (κ2) is 7.22. The molecule has 1 aliphatic carbocycles. The normalized spacial score (nSPS) is 18.0. The fourth-order valence-corrected chi connectivity index (χ4v) is 3.42. The third-order valence-electron chi connectivity index (χ3n) is 5.05. The van der Waals surface area contributed by atoms with Crippen LogP contribution < -0.4 is 0 Å². The predicted octanol–water partition coefficient (Wildman–Crippen LogP) is 2.79. The molecule has 2 aromatic carbocycles. The Kier molecular flexibility index (Phi) is 4.96. The molecule has 0 aromatic heterocycles. The van der Waals surface area contributed by atoms with Crippen molar-refractivity contribution in [2.24, 2.45) is 0 Å². The zero-order chi connectivity index (χ0) is 20.5. The van der Waals surface area contributed by atoms with E-state index in [4.69, 9.17) is 4.74 Å². The van der Waals surface area contributed by atoms with Gasteiger partial charge in [0.1, 0.15) is 12.0 Å². The molecular formula is C20H17NO7. The smallest absolute Gasteiger partial charge is 0.339 e. The maximum absolute atomic E-state index is 12.6. The summed E-state index contributed by atoms with van der Waals surface area (Å²) in [4.78, 5) is 46.3. The summed E-state index contributed by atoms with van der Waals surface area (Å²) in [6.07, 6.45) is 1.08. The zero-order valence-corrected chi connectivity index (χ0v) is 15.0. The van der Waals surface area contributed by atoms with E-state index in [-0.39, 0.29) is 42.0 Å². The van der Waals surface area contributed by atoms with Crippen LogP contribution in [-0.4, -0.2) is 33.7 Å². The minimum atomic E-state index is -1.48. The van der Waals surface area contributed by atoms with Gasteiger partial charge in [-0.1, -0.05) is 0 Å². The second-order valence-electron chi connectivity index (χ2n) is 6.67. The van der Waals surface area contributed by atoms with Gasteiger partial charge in [-0.05, 0) is 49.6 Å². The summed E-state index contributed by atoms with van der Waals surface area (Å²) in [7, 11) is 0. The van der Waals surface area contributed by atoms with Crippen LogP contribution >= 0.6 is 0 Å². The van der Waals surface area contributed by atoms with Gasteiger partial charge in [0.2, 0.25) is 0 Å². The van der Waals surface area contributed by atoms with E-state index < -0.39 is 16.5 Å². The van der Waals surface area contributed by atoms with E-state index in [0.29, 0.717) is 23.0 Å². The highest BCUT2D eigenvalue weighted by Gasteiger charge is 2.44. The van der Waals surface area contributed by atoms with E-state index in [2.05, 4.69) is 0 Å². The number of fused-ring (bicyclic) bond motifs is 1. The number of aromatic hydroxyl groups is 1. The summed E-state index contributed by atoms with van der Waals surface area (Å²) in [6, 6.07) is 7.74. The molecule has 1 N–H and O–H groups in total. The number of phenolic OH excluding ortho intramolecular Hbond substituents is 1. The van der Waals surface area contributed by atoms with Crippen LogP contribution in [0.4, 0.5) is 5.69 Å². The van der Waals surface area contributed by atoms with E-state index in [1.165, 1.54) is 43.3 Å². The maximum atomic E-state index is 12.6. The van der Waals surface area contributed by atoms with Gasteiger partial charge in [0.15, 0.2) is 11.4 Å². The Balaban J connectivity index is 1.92. The van der Waals surface area contributed by atoms with E-state index in [9.17, 15) is 29.6 Å².